The molecule has 2 saturated heterocycles. The fourth-order valence-electron chi connectivity index (χ4n) is 4.93. The van der Waals surface area contributed by atoms with E-state index in [1.54, 1.807) is 11.3 Å². The van der Waals surface area contributed by atoms with Gasteiger partial charge in [-0.05, 0) is 70.5 Å². The van der Waals surface area contributed by atoms with Crippen LogP contribution in [0.1, 0.15) is 55.8 Å². The van der Waals surface area contributed by atoms with Crippen molar-refractivity contribution in [3.63, 3.8) is 0 Å². The molecule has 2 atom stereocenters. The number of piperidine rings is 2. The average molecular weight is 376 g/mol. The Morgan fingerprint density at radius 1 is 1.19 bits per heavy atom. The molecule has 3 heterocycles. The summed E-state index contributed by atoms with van der Waals surface area (Å²) in [7, 11) is 2.09. The SMILES string of the molecule is CN1CC[C@]2(C(=O)NC3(C)CCC3)CCCN(C(=O)c3ccsc3)[C@H]2C1. The molecule has 1 aromatic heterocycles. The number of rotatable bonds is 3. The van der Waals surface area contributed by atoms with E-state index in [9.17, 15) is 9.59 Å². The molecule has 1 aliphatic carbocycles. The first-order valence-electron chi connectivity index (χ1n) is 9.78. The summed E-state index contributed by atoms with van der Waals surface area (Å²) in [5, 5.41) is 7.23. The molecular weight excluding hydrogens is 346 g/mol. The lowest BCUT2D eigenvalue weighted by Crippen LogP contribution is -2.68. The first-order chi connectivity index (χ1) is 12.4. The summed E-state index contributed by atoms with van der Waals surface area (Å²) < 4.78 is 0. The zero-order chi connectivity index (χ0) is 18.4. The predicted molar refractivity (Wildman–Crippen MR) is 103 cm³/mol. The third-order valence-electron chi connectivity index (χ3n) is 6.81. The van der Waals surface area contributed by atoms with E-state index in [-0.39, 0.29) is 23.4 Å². The number of likely N-dealkylation sites (N-methyl/N-ethyl adjacent to an activating group) is 1. The molecule has 4 rings (SSSR count). The summed E-state index contributed by atoms with van der Waals surface area (Å²) in [5.41, 5.74) is 0.277. The number of thiophene rings is 1. The van der Waals surface area contributed by atoms with Gasteiger partial charge in [-0.2, -0.15) is 11.3 Å². The van der Waals surface area contributed by atoms with E-state index in [1.165, 1.54) is 6.42 Å². The van der Waals surface area contributed by atoms with Crippen molar-refractivity contribution in [2.24, 2.45) is 5.41 Å². The topological polar surface area (TPSA) is 52.7 Å². The third-order valence-corrected chi connectivity index (χ3v) is 7.50. The molecule has 3 aliphatic rings. The summed E-state index contributed by atoms with van der Waals surface area (Å²) in [6.45, 7) is 4.60. The highest BCUT2D eigenvalue weighted by Crippen LogP contribution is 2.44. The lowest BCUT2D eigenvalue weighted by Gasteiger charge is -2.54. The zero-order valence-corrected chi connectivity index (χ0v) is 16.6. The minimum absolute atomic E-state index is 0.0360. The normalized spacial score (nSPS) is 31.0. The Labute approximate surface area is 159 Å². The van der Waals surface area contributed by atoms with Gasteiger partial charge in [0.25, 0.3) is 5.91 Å². The van der Waals surface area contributed by atoms with Crippen molar-refractivity contribution in [2.75, 3.05) is 26.7 Å². The number of hydrogen-bond acceptors (Lipinski definition) is 4. The zero-order valence-electron chi connectivity index (χ0n) is 15.8. The Bertz CT molecular complexity index is 685. The number of fused-ring (bicyclic) bond motifs is 1. The molecule has 0 radical (unpaired) electrons. The van der Waals surface area contributed by atoms with Crippen LogP contribution >= 0.6 is 11.3 Å². The summed E-state index contributed by atoms with van der Waals surface area (Å²) in [4.78, 5) is 30.8. The van der Waals surface area contributed by atoms with Crippen LogP contribution in [0.2, 0.25) is 0 Å². The van der Waals surface area contributed by atoms with Crippen LogP contribution in [-0.4, -0.2) is 59.9 Å². The Morgan fingerprint density at radius 2 is 2.00 bits per heavy atom. The Kier molecular flexibility index (Phi) is 4.59. The van der Waals surface area contributed by atoms with Gasteiger partial charge in [0.2, 0.25) is 5.91 Å². The van der Waals surface area contributed by atoms with Crippen molar-refractivity contribution in [1.29, 1.82) is 0 Å². The van der Waals surface area contributed by atoms with E-state index >= 15 is 0 Å². The second kappa shape index (κ2) is 6.64. The first kappa shape index (κ1) is 18.0. The van der Waals surface area contributed by atoms with E-state index in [4.69, 9.17) is 0 Å². The van der Waals surface area contributed by atoms with Gasteiger partial charge >= 0.3 is 0 Å². The molecule has 1 saturated carbocycles. The molecule has 1 N–H and O–H groups in total. The van der Waals surface area contributed by atoms with Gasteiger partial charge in [0, 0.05) is 24.0 Å². The maximum Gasteiger partial charge on any atom is 0.255 e. The van der Waals surface area contributed by atoms with Crippen LogP contribution in [0.15, 0.2) is 16.8 Å². The summed E-state index contributed by atoms with van der Waals surface area (Å²) in [6.07, 6.45) is 5.96. The number of likely N-dealkylation sites (tertiary alicyclic amines) is 2. The van der Waals surface area contributed by atoms with Gasteiger partial charge in [0.05, 0.1) is 17.0 Å². The smallest absolute Gasteiger partial charge is 0.255 e. The largest absolute Gasteiger partial charge is 0.350 e. The summed E-state index contributed by atoms with van der Waals surface area (Å²) in [5.74, 6) is 0.263. The van der Waals surface area contributed by atoms with Gasteiger partial charge < -0.3 is 15.1 Å². The molecule has 5 nitrogen and oxygen atoms in total. The first-order valence-corrected chi connectivity index (χ1v) is 10.7. The summed E-state index contributed by atoms with van der Waals surface area (Å²) >= 11 is 1.55. The number of carbonyl (C=O) groups excluding carboxylic acids is 2. The fraction of sp³-hybridized carbons (Fsp3) is 0.700. The molecule has 6 heteroatoms. The van der Waals surface area contributed by atoms with Gasteiger partial charge in [-0.3, -0.25) is 9.59 Å². The fourth-order valence-corrected chi connectivity index (χ4v) is 5.56. The van der Waals surface area contributed by atoms with E-state index in [1.807, 2.05) is 21.7 Å². The van der Waals surface area contributed by atoms with Gasteiger partial charge in [0.1, 0.15) is 0 Å². The van der Waals surface area contributed by atoms with E-state index in [0.717, 1.165) is 57.3 Å². The van der Waals surface area contributed by atoms with Crippen molar-refractivity contribution in [3.05, 3.63) is 22.4 Å². The van der Waals surface area contributed by atoms with Gasteiger partial charge in [0.15, 0.2) is 0 Å². The van der Waals surface area contributed by atoms with Crippen molar-refractivity contribution in [1.82, 2.24) is 15.1 Å². The number of carbonyl (C=O) groups is 2. The van der Waals surface area contributed by atoms with Crippen LogP contribution in [0, 0.1) is 5.41 Å². The Hall–Kier alpha value is -1.40. The van der Waals surface area contributed by atoms with Crippen LogP contribution in [-0.2, 0) is 4.79 Å². The van der Waals surface area contributed by atoms with Gasteiger partial charge in [-0.15, -0.1) is 0 Å². The van der Waals surface area contributed by atoms with Crippen molar-refractivity contribution < 1.29 is 9.59 Å². The molecule has 0 aromatic carbocycles. The van der Waals surface area contributed by atoms with E-state index < -0.39 is 5.41 Å². The molecule has 1 aromatic rings. The molecule has 2 aliphatic heterocycles. The number of nitrogens with zero attached hydrogens (tertiary/aromatic N) is 2. The number of nitrogens with one attached hydrogen (secondary N) is 1. The van der Waals surface area contributed by atoms with Gasteiger partial charge in [-0.1, -0.05) is 0 Å². The second-order valence-corrected chi connectivity index (χ2v) is 9.45. The van der Waals surface area contributed by atoms with Crippen molar-refractivity contribution >= 4 is 23.2 Å². The van der Waals surface area contributed by atoms with Crippen LogP contribution in [0.3, 0.4) is 0 Å². The lowest BCUT2D eigenvalue weighted by atomic mass is 9.66. The third kappa shape index (κ3) is 2.97. The van der Waals surface area contributed by atoms with Gasteiger partial charge in [-0.25, -0.2) is 0 Å². The maximum atomic E-state index is 13.5. The van der Waals surface area contributed by atoms with E-state index in [2.05, 4.69) is 24.2 Å². The Balaban J connectivity index is 1.62. The molecule has 0 unspecified atom stereocenters. The van der Waals surface area contributed by atoms with Crippen LogP contribution < -0.4 is 5.32 Å². The van der Waals surface area contributed by atoms with Crippen LogP contribution in [0.25, 0.3) is 0 Å². The molecule has 2 amide bonds. The molecule has 3 fully saturated rings. The van der Waals surface area contributed by atoms with Crippen molar-refractivity contribution in [2.45, 2.75) is 57.0 Å². The second-order valence-electron chi connectivity index (χ2n) is 8.67. The minimum atomic E-state index is -0.435. The van der Waals surface area contributed by atoms with Crippen LogP contribution in [0.4, 0.5) is 0 Å². The standard InChI is InChI=1S/C20H29N3O2S/c1-19(6-3-7-19)21-18(25)20-8-4-10-23(16(20)13-22(2)11-9-20)17(24)15-5-12-26-14-15/h5,12,14,16H,3-4,6-11,13H2,1-2H3,(H,21,25)/t16-,20+/m0/s1. The molecule has 26 heavy (non-hydrogen) atoms. The lowest BCUT2D eigenvalue weighted by molar-refractivity contribution is -0.145. The molecule has 0 spiro atoms. The highest BCUT2D eigenvalue weighted by molar-refractivity contribution is 7.08. The predicted octanol–water partition coefficient (Wildman–Crippen LogP) is 2.73. The highest BCUT2D eigenvalue weighted by Gasteiger charge is 2.54. The highest BCUT2D eigenvalue weighted by atomic mass is 32.1. The van der Waals surface area contributed by atoms with Crippen LogP contribution in [0.5, 0.6) is 0 Å². The Morgan fingerprint density at radius 3 is 2.65 bits per heavy atom. The molecule has 0 bridgehead atoms. The average Bonchev–Trinajstić information content (AvgIpc) is 3.13. The van der Waals surface area contributed by atoms with E-state index in [0.29, 0.717) is 0 Å². The maximum absolute atomic E-state index is 13.5. The van der Waals surface area contributed by atoms with Crippen molar-refractivity contribution in [3.8, 4) is 0 Å². The number of hydrogen-bond donors (Lipinski definition) is 1. The number of amides is 2. The monoisotopic (exact) mass is 375 g/mol. The quantitative estimate of drug-likeness (QED) is 0.884. The molecule has 142 valence electrons. The summed E-state index contributed by atoms with van der Waals surface area (Å²) in [6, 6.07) is 1.86. The molecular formula is C20H29N3O2S. The minimum Gasteiger partial charge on any atom is -0.350 e.